The molecule has 0 spiro atoms. The van der Waals surface area contributed by atoms with Crippen LogP contribution < -0.4 is 11.3 Å². The lowest BCUT2D eigenvalue weighted by molar-refractivity contribution is 0.876. The van der Waals surface area contributed by atoms with Crippen molar-refractivity contribution in [1.82, 2.24) is 9.97 Å². The fourth-order valence-corrected chi connectivity index (χ4v) is 2.13. The minimum Gasteiger partial charge on any atom is -0.308 e. The predicted octanol–water partition coefficient (Wildman–Crippen LogP) is 2.44. The number of hydrogen-bond donors (Lipinski definition) is 2. The average molecular weight is 234 g/mol. The zero-order valence-corrected chi connectivity index (χ0v) is 9.92. The van der Waals surface area contributed by atoms with Gasteiger partial charge >= 0.3 is 0 Å². The summed E-state index contributed by atoms with van der Waals surface area (Å²) in [6.45, 7) is 2.13. The van der Waals surface area contributed by atoms with E-state index in [1.54, 1.807) is 11.3 Å². The Morgan fingerprint density at radius 2 is 2.31 bits per heavy atom. The second-order valence-corrected chi connectivity index (χ2v) is 4.39. The monoisotopic (exact) mass is 234 g/mol. The van der Waals surface area contributed by atoms with E-state index in [1.165, 1.54) is 0 Å². The van der Waals surface area contributed by atoms with E-state index in [0.717, 1.165) is 29.2 Å². The lowest BCUT2D eigenvalue weighted by Crippen LogP contribution is -2.10. The third-order valence-electron chi connectivity index (χ3n) is 2.17. The second-order valence-electron chi connectivity index (χ2n) is 3.44. The van der Waals surface area contributed by atoms with Gasteiger partial charge in [-0.2, -0.15) is 0 Å². The summed E-state index contributed by atoms with van der Waals surface area (Å²) in [6.07, 6.45) is 2.00. The maximum atomic E-state index is 5.40. The Kier molecular flexibility index (Phi) is 3.48. The second kappa shape index (κ2) is 5.05. The fourth-order valence-electron chi connectivity index (χ4n) is 1.47. The van der Waals surface area contributed by atoms with Crippen molar-refractivity contribution in [3.8, 4) is 10.7 Å². The van der Waals surface area contributed by atoms with E-state index in [-0.39, 0.29) is 0 Å². The first-order valence-corrected chi connectivity index (χ1v) is 6.10. The van der Waals surface area contributed by atoms with Crippen LogP contribution in [0, 0.1) is 0 Å². The van der Waals surface area contributed by atoms with Crippen molar-refractivity contribution in [3.05, 3.63) is 29.3 Å². The number of hydrazine groups is 1. The Morgan fingerprint density at radius 1 is 1.44 bits per heavy atom. The van der Waals surface area contributed by atoms with Gasteiger partial charge in [-0.3, -0.25) is 0 Å². The zero-order valence-electron chi connectivity index (χ0n) is 9.10. The van der Waals surface area contributed by atoms with Gasteiger partial charge in [0, 0.05) is 11.8 Å². The molecular weight excluding hydrogens is 220 g/mol. The van der Waals surface area contributed by atoms with Crippen molar-refractivity contribution >= 4 is 17.2 Å². The number of rotatable bonds is 4. The van der Waals surface area contributed by atoms with E-state index in [9.17, 15) is 0 Å². The first-order chi connectivity index (χ1) is 7.83. The van der Waals surface area contributed by atoms with E-state index < -0.39 is 0 Å². The van der Waals surface area contributed by atoms with E-state index >= 15 is 0 Å². The van der Waals surface area contributed by atoms with Crippen molar-refractivity contribution in [1.29, 1.82) is 0 Å². The van der Waals surface area contributed by atoms with Crippen molar-refractivity contribution in [2.45, 2.75) is 19.8 Å². The molecule has 2 rings (SSSR count). The van der Waals surface area contributed by atoms with Crippen LogP contribution in [0.15, 0.2) is 23.6 Å². The molecule has 0 bridgehead atoms. The zero-order chi connectivity index (χ0) is 11.4. The lowest BCUT2D eigenvalue weighted by atomic mass is 10.2. The SMILES string of the molecule is CCCc1cc(NN)nc(-c2cccs2)n1. The summed E-state index contributed by atoms with van der Waals surface area (Å²) in [4.78, 5) is 9.92. The summed E-state index contributed by atoms with van der Waals surface area (Å²) in [5.41, 5.74) is 3.60. The topological polar surface area (TPSA) is 63.8 Å². The Labute approximate surface area is 98.5 Å². The van der Waals surface area contributed by atoms with Crippen LogP contribution in [-0.2, 0) is 6.42 Å². The third kappa shape index (κ3) is 2.37. The summed E-state index contributed by atoms with van der Waals surface area (Å²) >= 11 is 1.63. The Balaban J connectivity index is 2.41. The molecule has 2 heterocycles. The normalized spacial score (nSPS) is 10.4. The predicted molar refractivity (Wildman–Crippen MR) is 67.2 cm³/mol. The molecule has 0 aliphatic heterocycles. The van der Waals surface area contributed by atoms with Gasteiger partial charge in [-0.05, 0) is 17.9 Å². The van der Waals surface area contributed by atoms with Crippen LogP contribution in [0.5, 0.6) is 0 Å². The molecule has 4 nitrogen and oxygen atoms in total. The largest absolute Gasteiger partial charge is 0.308 e. The van der Waals surface area contributed by atoms with Crippen molar-refractivity contribution in [2.24, 2.45) is 5.84 Å². The van der Waals surface area contributed by atoms with Crippen molar-refractivity contribution < 1.29 is 0 Å². The van der Waals surface area contributed by atoms with Crippen LogP contribution in [-0.4, -0.2) is 9.97 Å². The van der Waals surface area contributed by atoms with E-state index in [2.05, 4.69) is 22.3 Å². The number of thiophene rings is 1. The number of nitrogens with zero attached hydrogens (tertiary/aromatic N) is 2. The molecule has 0 unspecified atom stereocenters. The highest BCUT2D eigenvalue weighted by atomic mass is 32.1. The van der Waals surface area contributed by atoms with Crippen LogP contribution in [0.25, 0.3) is 10.7 Å². The molecule has 0 aliphatic carbocycles. The summed E-state index contributed by atoms with van der Waals surface area (Å²) in [7, 11) is 0. The molecule has 0 aliphatic rings. The van der Waals surface area contributed by atoms with E-state index in [0.29, 0.717) is 5.82 Å². The first-order valence-electron chi connectivity index (χ1n) is 5.22. The molecule has 0 saturated carbocycles. The molecule has 5 heteroatoms. The van der Waals surface area contributed by atoms with Gasteiger partial charge in [0.15, 0.2) is 5.82 Å². The summed E-state index contributed by atoms with van der Waals surface area (Å²) in [5, 5.41) is 2.01. The number of aromatic nitrogens is 2. The van der Waals surface area contributed by atoms with Gasteiger partial charge in [0.25, 0.3) is 0 Å². The van der Waals surface area contributed by atoms with Gasteiger partial charge in [-0.25, -0.2) is 15.8 Å². The van der Waals surface area contributed by atoms with Crippen LogP contribution in [0.4, 0.5) is 5.82 Å². The quantitative estimate of drug-likeness (QED) is 0.630. The van der Waals surface area contributed by atoms with Crippen molar-refractivity contribution in [3.63, 3.8) is 0 Å². The summed E-state index contributed by atoms with van der Waals surface area (Å²) in [6, 6.07) is 5.89. The Morgan fingerprint density at radius 3 is 2.94 bits per heavy atom. The van der Waals surface area contributed by atoms with E-state index in [1.807, 2.05) is 23.6 Å². The molecule has 0 atom stereocenters. The lowest BCUT2D eigenvalue weighted by Gasteiger charge is -2.05. The van der Waals surface area contributed by atoms with Crippen molar-refractivity contribution in [2.75, 3.05) is 5.43 Å². The molecule has 84 valence electrons. The van der Waals surface area contributed by atoms with Gasteiger partial charge < -0.3 is 5.43 Å². The van der Waals surface area contributed by atoms with Gasteiger partial charge in [-0.1, -0.05) is 19.4 Å². The Hall–Kier alpha value is -1.46. The molecule has 2 aromatic heterocycles. The van der Waals surface area contributed by atoms with Crippen LogP contribution in [0.3, 0.4) is 0 Å². The van der Waals surface area contributed by atoms with Gasteiger partial charge in [0.05, 0.1) is 4.88 Å². The minimum atomic E-state index is 0.668. The Bertz CT molecular complexity index is 453. The highest BCUT2D eigenvalue weighted by molar-refractivity contribution is 7.13. The number of hydrogen-bond acceptors (Lipinski definition) is 5. The highest BCUT2D eigenvalue weighted by Gasteiger charge is 2.06. The van der Waals surface area contributed by atoms with Crippen LogP contribution >= 0.6 is 11.3 Å². The number of nitrogens with one attached hydrogen (secondary N) is 1. The summed E-state index contributed by atoms with van der Waals surface area (Å²) < 4.78 is 0. The average Bonchev–Trinajstić information content (AvgIpc) is 2.82. The minimum absolute atomic E-state index is 0.668. The number of aryl methyl sites for hydroxylation is 1. The van der Waals surface area contributed by atoms with E-state index in [4.69, 9.17) is 5.84 Å². The molecule has 0 radical (unpaired) electrons. The van der Waals surface area contributed by atoms with Crippen LogP contribution in [0.1, 0.15) is 19.0 Å². The van der Waals surface area contributed by atoms with Gasteiger partial charge in [0.1, 0.15) is 5.82 Å². The maximum absolute atomic E-state index is 5.40. The number of nitrogens with two attached hydrogens (primary N) is 1. The van der Waals surface area contributed by atoms with Gasteiger partial charge in [0.2, 0.25) is 0 Å². The fraction of sp³-hybridized carbons (Fsp3) is 0.273. The van der Waals surface area contributed by atoms with Gasteiger partial charge in [-0.15, -0.1) is 11.3 Å². The standard InChI is InChI=1S/C11H14N4S/c1-2-4-8-7-10(15-12)14-11(13-8)9-5-3-6-16-9/h3,5-7H,2,4,12H2,1H3,(H,13,14,15). The molecule has 0 saturated heterocycles. The summed E-state index contributed by atoms with van der Waals surface area (Å²) in [5.74, 6) is 6.81. The molecule has 2 aromatic rings. The maximum Gasteiger partial charge on any atom is 0.171 e. The molecule has 0 fully saturated rings. The molecule has 16 heavy (non-hydrogen) atoms. The smallest absolute Gasteiger partial charge is 0.171 e. The molecule has 3 N–H and O–H groups in total. The molecular formula is C11H14N4S. The highest BCUT2D eigenvalue weighted by Crippen LogP contribution is 2.22. The molecule has 0 amide bonds. The number of anilines is 1. The molecule has 0 aromatic carbocycles. The first kappa shape index (κ1) is 11.0. The number of nitrogen functional groups attached to an aromatic ring is 1. The third-order valence-corrected chi connectivity index (χ3v) is 3.04. The van der Waals surface area contributed by atoms with Crippen LogP contribution in [0.2, 0.25) is 0 Å².